The summed E-state index contributed by atoms with van der Waals surface area (Å²) in [6.07, 6.45) is 3.54. The van der Waals surface area contributed by atoms with E-state index in [0.717, 1.165) is 23.3 Å². The molecule has 0 fully saturated rings. The first kappa shape index (κ1) is 20.3. The summed E-state index contributed by atoms with van der Waals surface area (Å²) in [5.74, 6) is -1.40. The van der Waals surface area contributed by atoms with Gasteiger partial charge in [-0.25, -0.2) is 9.78 Å². The fraction of sp³-hybridized carbons (Fsp3) is 0.217. The van der Waals surface area contributed by atoms with Crippen LogP contribution in [0.1, 0.15) is 31.2 Å². The van der Waals surface area contributed by atoms with Gasteiger partial charge in [-0.3, -0.25) is 14.2 Å². The number of aliphatic carboxylic acids is 1. The lowest BCUT2D eigenvalue weighted by Crippen LogP contribution is -2.23. The number of anilines is 1. The zero-order valence-corrected chi connectivity index (χ0v) is 16.9. The van der Waals surface area contributed by atoms with Crippen LogP contribution in [-0.4, -0.2) is 33.1 Å². The lowest BCUT2D eigenvalue weighted by Gasteiger charge is -2.10. The number of hydrogen-bond acceptors (Lipinski definition) is 5. The number of amides is 1. The van der Waals surface area contributed by atoms with E-state index < -0.39 is 11.9 Å². The predicted molar refractivity (Wildman–Crippen MR) is 117 cm³/mol. The molecule has 8 nitrogen and oxygen atoms in total. The molecule has 0 spiro atoms. The highest BCUT2D eigenvalue weighted by Crippen LogP contribution is 2.30. The predicted octanol–water partition coefficient (Wildman–Crippen LogP) is 3.15. The first-order valence-corrected chi connectivity index (χ1v) is 9.99. The minimum absolute atomic E-state index is 0.171. The number of aromatic nitrogens is 2. The number of carboxylic acids is 1. The Balaban J connectivity index is 1.76. The molecule has 0 unspecified atom stereocenters. The van der Waals surface area contributed by atoms with Crippen LogP contribution in [0.3, 0.4) is 0 Å². The second-order valence-corrected chi connectivity index (χ2v) is 7.19. The van der Waals surface area contributed by atoms with E-state index in [1.165, 1.54) is 12.1 Å². The van der Waals surface area contributed by atoms with E-state index in [2.05, 4.69) is 10.3 Å². The van der Waals surface area contributed by atoms with E-state index in [1.807, 2.05) is 37.3 Å². The molecule has 2 aromatic carbocycles. The summed E-state index contributed by atoms with van der Waals surface area (Å²) in [5.41, 5.74) is 2.30. The van der Waals surface area contributed by atoms with Crippen molar-refractivity contribution < 1.29 is 19.4 Å². The molecule has 1 amide bonds. The Bertz CT molecular complexity index is 1280. The Hall–Kier alpha value is -3.94. The number of fused-ring (bicyclic) bond motifs is 2. The quantitative estimate of drug-likeness (QED) is 0.615. The molecule has 0 radical (unpaired) electrons. The highest BCUT2D eigenvalue weighted by molar-refractivity contribution is 6.36. The van der Waals surface area contributed by atoms with Crippen LogP contribution < -0.4 is 15.6 Å². The molecule has 1 aliphatic rings. The second kappa shape index (κ2) is 8.43. The fourth-order valence-electron chi connectivity index (χ4n) is 3.55. The monoisotopic (exact) mass is 419 g/mol. The smallest absolute Gasteiger partial charge is 0.394 e. The minimum Gasteiger partial charge on any atom is -0.493 e. The normalized spacial score (nSPS) is 13.9. The van der Waals surface area contributed by atoms with Crippen molar-refractivity contribution >= 4 is 40.1 Å². The maximum Gasteiger partial charge on any atom is 0.394 e. The third kappa shape index (κ3) is 4.05. The third-order valence-corrected chi connectivity index (χ3v) is 5.01. The molecule has 0 saturated heterocycles. The molecule has 0 atom stereocenters. The summed E-state index contributed by atoms with van der Waals surface area (Å²) >= 11 is 0. The van der Waals surface area contributed by atoms with Gasteiger partial charge in [-0.2, -0.15) is 0 Å². The van der Waals surface area contributed by atoms with Gasteiger partial charge < -0.3 is 15.2 Å². The van der Waals surface area contributed by atoms with Crippen LogP contribution in [0.2, 0.25) is 0 Å². The number of rotatable bonds is 5. The van der Waals surface area contributed by atoms with Crippen molar-refractivity contribution in [2.45, 2.75) is 26.3 Å². The SMILES string of the molecule is CCCOc1ccccc1C=C1CCn2c1nc1cc(NC(=O)C(=O)O)ccc1c2=O. The molecule has 3 aromatic rings. The number of nitrogens with zero attached hydrogens (tertiary/aromatic N) is 2. The van der Waals surface area contributed by atoms with Crippen molar-refractivity contribution in [1.82, 2.24) is 9.55 Å². The van der Waals surface area contributed by atoms with Crippen LogP contribution in [0.5, 0.6) is 5.75 Å². The second-order valence-electron chi connectivity index (χ2n) is 7.19. The van der Waals surface area contributed by atoms with Crippen molar-refractivity contribution in [3.63, 3.8) is 0 Å². The summed E-state index contributed by atoms with van der Waals surface area (Å²) in [6.45, 7) is 3.19. The van der Waals surface area contributed by atoms with Gasteiger partial charge in [0.25, 0.3) is 5.56 Å². The van der Waals surface area contributed by atoms with Gasteiger partial charge in [0.05, 0.1) is 17.5 Å². The van der Waals surface area contributed by atoms with Crippen LogP contribution in [0.25, 0.3) is 22.6 Å². The highest BCUT2D eigenvalue weighted by Gasteiger charge is 2.22. The van der Waals surface area contributed by atoms with Gasteiger partial charge in [-0.1, -0.05) is 25.1 Å². The van der Waals surface area contributed by atoms with Crippen molar-refractivity contribution in [2.24, 2.45) is 0 Å². The first-order valence-electron chi connectivity index (χ1n) is 9.99. The summed E-state index contributed by atoms with van der Waals surface area (Å²) in [5, 5.41) is 11.5. The highest BCUT2D eigenvalue weighted by atomic mass is 16.5. The molecule has 8 heteroatoms. The Morgan fingerprint density at radius 3 is 2.84 bits per heavy atom. The summed E-state index contributed by atoms with van der Waals surface area (Å²) < 4.78 is 7.47. The molecule has 2 N–H and O–H groups in total. The molecule has 1 aliphatic heterocycles. The fourth-order valence-corrected chi connectivity index (χ4v) is 3.55. The number of carbonyl (C=O) groups is 2. The zero-order valence-electron chi connectivity index (χ0n) is 16.9. The largest absolute Gasteiger partial charge is 0.493 e. The summed E-state index contributed by atoms with van der Waals surface area (Å²) in [6, 6.07) is 12.3. The van der Waals surface area contributed by atoms with Gasteiger partial charge in [0.1, 0.15) is 11.6 Å². The lowest BCUT2D eigenvalue weighted by atomic mass is 10.1. The molecule has 0 saturated carbocycles. The third-order valence-electron chi connectivity index (χ3n) is 5.01. The van der Waals surface area contributed by atoms with E-state index in [0.29, 0.717) is 36.3 Å². The Morgan fingerprint density at radius 2 is 2.06 bits per heavy atom. The van der Waals surface area contributed by atoms with E-state index in [9.17, 15) is 14.4 Å². The first-order chi connectivity index (χ1) is 15.0. The maximum atomic E-state index is 13.0. The Morgan fingerprint density at radius 1 is 1.26 bits per heavy atom. The van der Waals surface area contributed by atoms with Gasteiger partial charge >= 0.3 is 11.9 Å². The van der Waals surface area contributed by atoms with Gasteiger partial charge in [0.2, 0.25) is 0 Å². The summed E-state index contributed by atoms with van der Waals surface area (Å²) in [7, 11) is 0. The molecule has 158 valence electrons. The zero-order chi connectivity index (χ0) is 22.0. The van der Waals surface area contributed by atoms with Crippen LogP contribution >= 0.6 is 0 Å². The molecule has 0 aliphatic carbocycles. The molecule has 0 bridgehead atoms. The van der Waals surface area contributed by atoms with E-state index in [-0.39, 0.29) is 11.2 Å². The topological polar surface area (TPSA) is 111 Å². The van der Waals surface area contributed by atoms with Crippen LogP contribution in [0.15, 0.2) is 47.3 Å². The molecule has 2 heterocycles. The van der Waals surface area contributed by atoms with E-state index >= 15 is 0 Å². The van der Waals surface area contributed by atoms with Crippen molar-refractivity contribution in [3.05, 3.63) is 64.2 Å². The van der Waals surface area contributed by atoms with Crippen molar-refractivity contribution in [3.8, 4) is 5.75 Å². The number of benzene rings is 2. The number of carbonyl (C=O) groups excluding carboxylic acids is 1. The molecule has 1 aromatic heterocycles. The van der Waals surface area contributed by atoms with Crippen molar-refractivity contribution in [1.29, 1.82) is 0 Å². The van der Waals surface area contributed by atoms with Gasteiger partial charge in [0.15, 0.2) is 0 Å². The Kier molecular flexibility index (Phi) is 5.53. The maximum absolute atomic E-state index is 13.0. The average Bonchev–Trinajstić information content (AvgIpc) is 3.16. The standard InChI is InChI=1S/C23H21N3O5/c1-2-11-31-19-6-4-3-5-14(19)12-15-9-10-26-20(15)25-18-13-16(24-21(27)23(29)30)7-8-17(18)22(26)28/h3-8,12-13H,2,9-11H2,1H3,(H,24,27)(H,29,30). The lowest BCUT2D eigenvalue weighted by molar-refractivity contribution is -0.147. The van der Waals surface area contributed by atoms with E-state index in [1.54, 1.807) is 10.6 Å². The minimum atomic E-state index is -1.59. The molecule has 31 heavy (non-hydrogen) atoms. The Labute approximate surface area is 177 Å². The number of carboxylic acid groups (broad SMARTS) is 1. The number of allylic oxidation sites excluding steroid dienone is 1. The van der Waals surface area contributed by atoms with Gasteiger partial charge in [0, 0.05) is 17.8 Å². The van der Waals surface area contributed by atoms with E-state index in [4.69, 9.17) is 9.84 Å². The average molecular weight is 419 g/mol. The number of ether oxygens (including phenoxy) is 1. The van der Waals surface area contributed by atoms with Crippen LogP contribution in [-0.2, 0) is 16.1 Å². The van der Waals surface area contributed by atoms with Gasteiger partial charge in [-0.15, -0.1) is 0 Å². The van der Waals surface area contributed by atoms with Gasteiger partial charge in [-0.05, 0) is 48.8 Å². The molecule has 4 rings (SSSR count). The molecular weight excluding hydrogens is 398 g/mol. The molecular formula is C23H21N3O5. The number of nitrogens with one attached hydrogen (secondary N) is 1. The number of hydrogen-bond donors (Lipinski definition) is 2. The van der Waals surface area contributed by atoms with Crippen molar-refractivity contribution in [2.75, 3.05) is 11.9 Å². The number of para-hydroxylation sites is 1. The van der Waals surface area contributed by atoms with Crippen LogP contribution in [0.4, 0.5) is 5.69 Å². The van der Waals surface area contributed by atoms with Crippen LogP contribution in [0, 0.1) is 0 Å². The summed E-state index contributed by atoms with van der Waals surface area (Å²) in [4.78, 5) is 39.8.